The fourth-order valence-corrected chi connectivity index (χ4v) is 3.98. The number of nitrogens with zero attached hydrogens (tertiary/aromatic N) is 5. The normalized spacial score (nSPS) is 11.1. The number of aromatic nitrogens is 5. The van der Waals surface area contributed by atoms with Crippen LogP contribution >= 0.6 is 11.8 Å². The molecule has 0 unspecified atom stereocenters. The molecule has 0 saturated heterocycles. The molecular formula is C21H18FN5OS. The smallest absolute Gasteiger partial charge is 0.261 e. The maximum absolute atomic E-state index is 14.2. The van der Waals surface area contributed by atoms with Crippen LogP contribution in [0.2, 0.25) is 0 Å². The molecule has 2 aromatic carbocycles. The number of hydrogen-bond acceptors (Lipinski definition) is 5. The Morgan fingerprint density at radius 3 is 2.69 bits per heavy atom. The van der Waals surface area contributed by atoms with Gasteiger partial charge in [-0.25, -0.2) is 9.37 Å². The molecular weight excluding hydrogens is 389 g/mol. The maximum atomic E-state index is 14.2. The second-order valence-electron chi connectivity index (χ2n) is 6.38. The second-order valence-corrected chi connectivity index (χ2v) is 7.33. The molecule has 0 fully saturated rings. The number of halogens is 1. The van der Waals surface area contributed by atoms with Crippen LogP contribution < -0.4 is 5.56 Å². The van der Waals surface area contributed by atoms with E-state index in [0.717, 1.165) is 0 Å². The molecule has 2 aromatic heterocycles. The molecule has 0 aliphatic rings. The Labute approximate surface area is 170 Å². The average molecular weight is 407 g/mol. The van der Waals surface area contributed by atoms with Gasteiger partial charge in [-0.3, -0.25) is 13.9 Å². The molecule has 29 heavy (non-hydrogen) atoms. The lowest BCUT2D eigenvalue weighted by Crippen LogP contribution is -2.22. The number of allylic oxidation sites excluding steroid dienone is 1. The molecule has 8 heteroatoms. The predicted molar refractivity (Wildman–Crippen MR) is 112 cm³/mol. The van der Waals surface area contributed by atoms with E-state index in [-0.39, 0.29) is 11.4 Å². The van der Waals surface area contributed by atoms with Gasteiger partial charge >= 0.3 is 0 Å². The topological polar surface area (TPSA) is 65.6 Å². The molecule has 0 radical (unpaired) electrons. The Hall–Kier alpha value is -3.26. The van der Waals surface area contributed by atoms with E-state index < -0.39 is 0 Å². The second kappa shape index (κ2) is 8.00. The van der Waals surface area contributed by atoms with Crippen LogP contribution in [0.5, 0.6) is 0 Å². The van der Waals surface area contributed by atoms with E-state index in [4.69, 9.17) is 0 Å². The molecule has 146 valence electrons. The first-order valence-electron chi connectivity index (χ1n) is 8.96. The molecule has 6 nitrogen and oxygen atoms in total. The van der Waals surface area contributed by atoms with Crippen molar-refractivity contribution in [2.24, 2.45) is 7.05 Å². The lowest BCUT2D eigenvalue weighted by atomic mass is 10.2. The van der Waals surface area contributed by atoms with Gasteiger partial charge < -0.3 is 0 Å². The summed E-state index contributed by atoms with van der Waals surface area (Å²) in [4.78, 5) is 17.2. The van der Waals surface area contributed by atoms with E-state index in [9.17, 15) is 9.18 Å². The van der Waals surface area contributed by atoms with Crippen molar-refractivity contribution < 1.29 is 4.39 Å². The summed E-state index contributed by atoms with van der Waals surface area (Å²) in [6.45, 7) is 4.21. The van der Waals surface area contributed by atoms with Gasteiger partial charge in [0.2, 0.25) is 0 Å². The van der Waals surface area contributed by atoms with E-state index >= 15 is 0 Å². The molecule has 0 saturated carbocycles. The molecule has 4 rings (SSSR count). The van der Waals surface area contributed by atoms with Crippen LogP contribution in [0.25, 0.3) is 22.3 Å². The van der Waals surface area contributed by atoms with Crippen molar-refractivity contribution >= 4 is 22.7 Å². The van der Waals surface area contributed by atoms with Crippen LogP contribution in [0.3, 0.4) is 0 Å². The number of para-hydroxylation sites is 1. The highest BCUT2D eigenvalue weighted by atomic mass is 32.2. The average Bonchev–Trinajstić information content (AvgIpc) is 3.13. The van der Waals surface area contributed by atoms with Crippen molar-refractivity contribution in [1.29, 1.82) is 0 Å². The monoisotopic (exact) mass is 407 g/mol. The molecule has 0 atom stereocenters. The van der Waals surface area contributed by atoms with Crippen molar-refractivity contribution in [3.8, 4) is 11.4 Å². The molecule has 0 N–H and O–H groups in total. The number of thioether (sulfide) groups is 1. The number of hydrogen-bond donors (Lipinski definition) is 0. The van der Waals surface area contributed by atoms with Crippen LogP contribution in [-0.4, -0.2) is 24.3 Å². The highest BCUT2D eigenvalue weighted by molar-refractivity contribution is 7.98. The SMILES string of the molecule is C=CCn1c(SCc2nc3ccccc3c(=O)n2C)nnc1-c1ccccc1F. The number of benzene rings is 2. The largest absolute Gasteiger partial charge is 0.299 e. The Balaban J connectivity index is 1.68. The molecule has 0 spiro atoms. The maximum Gasteiger partial charge on any atom is 0.261 e. The minimum Gasteiger partial charge on any atom is -0.299 e. The zero-order valence-corrected chi connectivity index (χ0v) is 16.6. The minimum atomic E-state index is -0.361. The molecule has 2 heterocycles. The van der Waals surface area contributed by atoms with E-state index in [1.807, 2.05) is 18.2 Å². The van der Waals surface area contributed by atoms with E-state index in [1.165, 1.54) is 17.8 Å². The fourth-order valence-electron chi connectivity index (χ4n) is 3.05. The van der Waals surface area contributed by atoms with Crippen molar-refractivity contribution in [2.45, 2.75) is 17.5 Å². The standard InChI is InChI=1S/C21H18FN5OS/c1-3-12-27-19(14-8-4-6-10-16(14)22)24-25-21(27)29-13-18-23-17-11-7-5-9-15(17)20(28)26(18)2/h3-11H,1,12-13H2,2H3. The van der Waals surface area contributed by atoms with Gasteiger partial charge in [0, 0.05) is 13.6 Å². The van der Waals surface area contributed by atoms with E-state index in [0.29, 0.717) is 45.6 Å². The zero-order chi connectivity index (χ0) is 20.4. The molecule has 0 aliphatic carbocycles. The van der Waals surface area contributed by atoms with Gasteiger partial charge in [-0.15, -0.1) is 16.8 Å². The van der Waals surface area contributed by atoms with Crippen LogP contribution in [0.15, 0.2) is 71.1 Å². The Bertz CT molecular complexity index is 1260. The first-order valence-corrected chi connectivity index (χ1v) is 9.95. The van der Waals surface area contributed by atoms with Crippen molar-refractivity contribution in [2.75, 3.05) is 0 Å². The fraction of sp³-hybridized carbons (Fsp3) is 0.143. The van der Waals surface area contributed by atoms with Crippen molar-refractivity contribution in [3.05, 3.63) is 83.2 Å². The van der Waals surface area contributed by atoms with Crippen molar-refractivity contribution in [1.82, 2.24) is 24.3 Å². The Morgan fingerprint density at radius 2 is 1.90 bits per heavy atom. The van der Waals surface area contributed by atoms with Crippen LogP contribution in [0, 0.1) is 5.82 Å². The molecule has 0 aliphatic heterocycles. The Kier molecular flexibility index (Phi) is 5.26. The summed E-state index contributed by atoms with van der Waals surface area (Å²) in [6.07, 6.45) is 1.71. The van der Waals surface area contributed by atoms with Gasteiger partial charge in [0.1, 0.15) is 11.6 Å². The van der Waals surface area contributed by atoms with Crippen LogP contribution in [0.1, 0.15) is 5.82 Å². The summed E-state index contributed by atoms with van der Waals surface area (Å²) in [5, 5.41) is 9.60. The summed E-state index contributed by atoms with van der Waals surface area (Å²) < 4.78 is 17.6. The third kappa shape index (κ3) is 3.58. The van der Waals surface area contributed by atoms with Gasteiger partial charge in [0.15, 0.2) is 11.0 Å². The molecule has 4 aromatic rings. The summed E-state index contributed by atoms with van der Waals surface area (Å²) >= 11 is 1.39. The quantitative estimate of drug-likeness (QED) is 0.359. The van der Waals surface area contributed by atoms with Crippen LogP contribution in [-0.2, 0) is 19.3 Å². The summed E-state index contributed by atoms with van der Waals surface area (Å²) in [7, 11) is 1.71. The summed E-state index contributed by atoms with van der Waals surface area (Å²) in [5.41, 5.74) is 0.946. The van der Waals surface area contributed by atoms with E-state index in [2.05, 4.69) is 21.8 Å². The summed E-state index contributed by atoms with van der Waals surface area (Å²) in [5.74, 6) is 1.12. The van der Waals surface area contributed by atoms with Crippen LogP contribution in [0.4, 0.5) is 4.39 Å². The first-order chi connectivity index (χ1) is 14.1. The van der Waals surface area contributed by atoms with E-state index in [1.54, 1.807) is 46.5 Å². The molecule has 0 bridgehead atoms. The predicted octanol–water partition coefficient (Wildman–Crippen LogP) is 3.81. The third-order valence-electron chi connectivity index (χ3n) is 4.55. The number of rotatable bonds is 6. The third-order valence-corrected chi connectivity index (χ3v) is 5.51. The van der Waals surface area contributed by atoms with Gasteiger partial charge in [0.25, 0.3) is 5.56 Å². The highest BCUT2D eigenvalue weighted by Gasteiger charge is 2.17. The van der Waals surface area contributed by atoms with Gasteiger partial charge in [-0.2, -0.15) is 0 Å². The minimum absolute atomic E-state index is 0.0918. The zero-order valence-electron chi connectivity index (χ0n) is 15.7. The number of fused-ring (bicyclic) bond motifs is 1. The van der Waals surface area contributed by atoms with Gasteiger partial charge in [-0.1, -0.05) is 42.1 Å². The summed E-state index contributed by atoms with van der Waals surface area (Å²) in [6, 6.07) is 13.7. The van der Waals surface area contributed by atoms with Gasteiger partial charge in [0.05, 0.1) is 22.2 Å². The van der Waals surface area contributed by atoms with Gasteiger partial charge in [-0.05, 0) is 24.3 Å². The Morgan fingerprint density at radius 1 is 1.14 bits per heavy atom. The first kappa shape index (κ1) is 19.1. The lowest BCUT2D eigenvalue weighted by Gasteiger charge is -2.10. The molecule has 0 amide bonds. The highest BCUT2D eigenvalue weighted by Crippen LogP contribution is 2.27. The lowest BCUT2D eigenvalue weighted by molar-refractivity contribution is 0.626. The van der Waals surface area contributed by atoms with Crippen molar-refractivity contribution in [3.63, 3.8) is 0 Å².